The number of rotatable bonds is 0. The standard InChI is InChI=1S/C13H15NO2/c1-9-10-4-2-3-5-11(10)13(16-9)6-7-14-12(15)8-13/h2-5,9H,6-8H2,1H3,(H,14,15)/t9-,13+/m1/s1. The lowest BCUT2D eigenvalue weighted by Crippen LogP contribution is -2.43. The first-order chi connectivity index (χ1) is 7.71. The van der Waals surface area contributed by atoms with Crippen molar-refractivity contribution < 1.29 is 9.53 Å². The molecule has 1 aromatic carbocycles. The van der Waals surface area contributed by atoms with Crippen LogP contribution in [0.1, 0.15) is 37.0 Å². The number of ether oxygens (including phenoxy) is 1. The molecule has 0 radical (unpaired) electrons. The first kappa shape index (κ1) is 9.85. The lowest BCUT2D eigenvalue weighted by atomic mass is 9.84. The third kappa shape index (κ3) is 1.28. The fourth-order valence-electron chi connectivity index (χ4n) is 2.88. The smallest absolute Gasteiger partial charge is 0.223 e. The summed E-state index contributed by atoms with van der Waals surface area (Å²) in [6.07, 6.45) is 1.43. The summed E-state index contributed by atoms with van der Waals surface area (Å²) in [7, 11) is 0. The quantitative estimate of drug-likeness (QED) is 0.720. The van der Waals surface area contributed by atoms with E-state index in [1.165, 1.54) is 11.1 Å². The number of fused-ring (bicyclic) bond motifs is 2. The number of nitrogens with one attached hydrogen (secondary N) is 1. The van der Waals surface area contributed by atoms with Crippen LogP contribution in [0, 0.1) is 0 Å². The zero-order valence-corrected chi connectivity index (χ0v) is 9.32. The topological polar surface area (TPSA) is 38.3 Å². The maximum atomic E-state index is 11.5. The lowest BCUT2D eigenvalue weighted by Gasteiger charge is -2.33. The van der Waals surface area contributed by atoms with E-state index in [2.05, 4.69) is 24.4 Å². The summed E-state index contributed by atoms with van der Waals surface area (Å²) in [5.74, 6) is 0.0927. The van der Waals surface area contributed by atoms with E-state index in [9.17, 15) is 4.79 Å². The number of carbonyl (C=O) groups is 1. The second-order valence-electron chi connectivity index (χ2n) is 4.62. The molecule has 2 aliphatic rings. The summed E-state index contributed by atoms with van der Waals surface area (Å²) >= 11 is 0. The first-order valence-electron chi connectivity index (χ1n) is 5.75. The Hall–Kier alpha value is -1.35. The molecule has 2 aliphatic heterocycles. The van der Waals surface area contributed by atoms with Gasteiger partial charge in [-0.15, -0.1) is 0 Å². The van der Waals surface area contributed by atoms with Crippen molar-refractivity contribution in [1.29, 1.82) is 0 Å². The molecule has 1 N–H and O–H groups in total. The summed E-state index contributed by atoms with van der Waals surface area (Å²) in [6, 6.07) is 8.24. The Balaban J connectivity index is 2.07. The predicted octanol–water partition coefficient (Wildman–Crippen LogP) is 1.88. The Bertz CT molecular complexity index is 443. The van der Waals surface area contributed by atoms with E-state index in [0.29, 0.717) is 13.0 Å². The van der Waals surface area contributed by atoms with Gasteiger partial charge in [-0.2, -0.15) is 0 Å². The third-order valence-electron chi connectivity index (χ3n) is 3.59. The SMILES string of the molecule is C[C@H]1O[C@]2(CCNC(=O)C2)c2ccccc21. The van der Waals surface area contributed by atoms with Crippen molar-refractivity contribution in [2.45, 2.75) is 31.5 Å². The molecule has 16 heavy (non-hydrogen) atoms. The largest absolute Gasteiger partial charge is 0.362 e. The van der Waals surface area contributed by atoms with Crippen molar-refractivity contribution in [3.8, 4) is 0 Å². The van der Waals surface area contributed by atoms with Crippen LogP contribution in [0.25, 0.3) is 0 Å². The van der Waals surface area contributed by atoms with E-state index >= 15 is 0 Å². The summed E-state index contributed by atoms with van der Waals surface area (Å²) < 4.78 is 6.07. The molecule has 1 aromatic rings. The van der Waals surface area contributed by atoms with Gasteiger partial charge < -0.3 is 10.1 Å². The van der Waals surface area contributed by atoms with E-state index in [4.69, 9.17) is 4.74 Å². The highest BCUT2D eigenvalue weighted by atomic mass is 16.5. The number of carbonyl (C=O) groups excluding carboxylic acids is 1. The number of piperidine rings is 1. The second kappa shape index (κ2) is 3.32. The minimum absolute atomic E-state index is 0.0927. The Morgan fingerprint density at radius 1 is 1.44 bits per heavy atom. The van der Waals surface area contributed by atoms with Gasteiger partial charge in [-0.3, -0.25) is 4.79 Å². The third-order valence-corrected chi connectivity index (χ3v) is 3.59. The van der Waals surface area contributed by atoms with Crippen molar-refractivity contribution >= 4 is 5.91 Å². The van der Waals surface area contributed by atoms with E-state index < -0.39 is 0 Å². The monoisotopic (exact) mass is 217 g/mol. The first-order valence-corrected chi connectivity index (χ1v) is 5.75. The number of benzene rings is 1. The van der Waals surface area contributed by atoms with Gasteiger partial charge in [0.05, 0.1) is 12.5 Å². The average molecular weight is 217 g/mol. The molecule has 1 fully saturated rings. The molecule has 1 saturated heterocycles. The molecule has 0 unspecified atom stereocenters. The molecule has 0 bridgehead atoms. The lowest BCUT2D eigenvalue weighted by molar-refractivity contribution is -0.139. The highest BCUT2D eigenvalue weighted by Crippen LogP contribution is 2.48. The molecule has 2 atom stereocenters. The van der Waals surface area contributed by atoms with Crippen LogP contribution in [0.3, 0.4) is 0 Å². The number of hydrogen-bond acceptors (Lipinski definition) is 2. The van der Waals surface area contributed by atoms with Gasteiger partial charge in [-0.1, -0.05) is 24.3 Å². The molecular formula is C13H15NO2. The van der Waals surface area contributed by atoms with Gasteiger partial charge in [0.15, 0.2) is 0 Å². The molecule has 3 heteroatoms. The van der Waals surface area contributed by atoms with Crippen molar-refractivity contribution in [1.82, 2.24) is 5.32 Å². The van der Waals surface area contributed by atoms with Crippen molar-refractivity contribution in [3.05, 3.63) is 35.4 Å². The maximum Gasteiger partial charge on any atom is 0.223 e. The zero-order valence-electron chi connectivity index (χ0n) is 9.32. The Morgan fingerprint density at radius 3 is 3.06 bits per heavy atom. The minimum atomic E-state index is -0.363. The number of amides is 1. The molecule has 1 amide bonds. The molecular weight excluding hydrogens is 202 g/mol. The Labute approximate surface area is 94.8 Å². The van der Waals surface area contributed by atoms with Crippen LogP contribution >= 0.6 is 0 Å². The average Bonchev–Trinajstić information content (AvgIpc) is 2.53. The van der Waals surface area contributed by atoms with Crippen molar-refractivity contribution in [2.24, 2.45) is 0 Å². The van der Waals surface area contributed by atoms with Crippen LogP contribution in [0.2, 0.25) is 0 Å². The van der Waals surface area contributed by atoms with Gasteiger partial charge >= 0.3 is 0 Å². The summed E-state index contributed by atoms with van der Waals surface area (Å²) in [5, 5.41) is 2.86. The highest BCUT2D eigenvalue weighted by molar-refractivity contribution is 5.78. The van der Waals surface area contributed by atoms with Gasteiger partial charge in [-0.25, -0.2) is 0 Å². The van der Waals surface area contributed by atoms with E-state index in [1.807, 2.05) is 12.1 Å². The molecule has 0 aromatic heterocycles. The molecule has 0 aliphatic carbocycles. The second-order valence-corrected chi connectivity index (χ2v) is 4.62. The molecule has 2 heterocycles. The maximum absolute atomic E-state index is 11.5. The van der Waals surface area contributed by atoms with E-state index in [-0.39, 0.29) is 17.6 Å². The van der Waals surface area contributed by atoms with Crippen LogP contribution in [0.5, 0.6) is 0 Å². The molecule has 3 rings (SSSR count). The van der Waals surface area contributed by atoms with Gasteiger partial charge in [0.2, 0.25) is 5.91 Å². The molecule has 0 saturated carbocycles. The number of hydrogen-bond donors (Lipinski definition) is 1. The van der Waals surface area contributed by atoms with Gasteiger partial charge in [0.25, 0.3) is 0 Å². The van der Waals surface area contributed by atoms with Crippen LogP contribution < -0.4 is 5.32 Å². The van der Waals surface area contributed by atoms with Crippen molar-refractivity contribution in [2.75, 3.05) is 6.54 Å². The zero-order chi connectivity index (χ0) is 11.2. The van der Waals surface area contributed by atoms with E-state index in [0.717, 1.165) is 6.42 Å². The molecule has 1 spiro atoms. The van der Waals surface area contributed by atoms with Crippen LogP contribution in [-0.4, -0.2) is 12.5 Å². The molecule has 84 valence electrons. The van der Waals surface area contributed by atoms with Crippen LogP contribution in [0.4, 0.5) is 0 Å². The predicted molar refractivity (Wildman–Crippen MR) is 59.9 cm³/mol. The van der Waals surface area contributed by atoms with Gasteiger partial charge in [-0.05, 0) is 24.5 Å². The molecule has 3 nitrogen and oxygen atoms in total. The van der Waals surface area contributed by atoms with E-state index in [1.54, 1.807) is 0 Å². The summed E-state index contributed by atoms with van der Waals surface area (Å²) in [6.45, 7) is 2.76. The normalized spacial score (nSPS) is 32.6. The summed E-state index contributed by atoms with van der Waals surface area (Å²) in [4.78, 5) is 11.5. The fourth-order valence-corrected chi connectivity index (χ4v) is 2.88. The Kier molecular flexibility index (Phi) is 2.04. The van der Waals surface area contributed by atoms with Gasteiger partial charge in [0, 0.05) is 6.54 Å². The van der Waals surface area contributed by atoms with Crippen LogP contribution in [-0.2, 0) is 15.1 Å². The minimum Gasteiger partial charge on any atom is -0.362 e. The Morgan fingerprint density at radius 2 is 2.25 bits per heavy atom. The van der Waals surface area contributed by atoms with Gasteiger partial charge in [0.1, 0.15) is 5.60 Å². The summed E-state index contributed by atoms with van der Waals surface area (Å²) in [5.41, 5.74) is 2.08. The van der Waals surface area contributed by atoms with Crippen molar-refractivity contribution in [3.63, 3.8) is 0 Å². The van der Waals surface area contributed by atoms with Crippen LogP contribution in [0.15, 0.2) is 24.3 Å². The fraction of sp³-hybridized carbons (Fsp3) is 0.462. The highest BCUT2D eigenvalue weighted by Gasteiger charge is 2.46.